The van der Waals surface area contributed by atoms with Gasteiger partial charge in [-0.15, -0.1) is 0 Å². The first-order valence-corrected chi connectivity index (χ1v) is 7.05. The van der Waals surface area contributed by atoms with Crippen LogP contribution in [0.4, 0.5) is 4.39 Å². The lowest BCUT2D eigenvalue weighted by molar-refractivity contribution is -0.0190. The molecule has 3 rings (SSSR count). The largest absolute Gasteiger partial charge is 0.389 e. The highest BCUT2D eigenvalue weighted by molar-refractivity contribution is 5.52. The number of benzene rings is 1. The Morgan fingerprint density at radius 1 is 1.38 bits per heavy atom. The summed E-state index contributed by atoms with van der Waals surface area (Å²) in [6.45, 7) is 3.91. The van der Waals surface area contributed by atoms with E-state index in [0.717, 1.165) is 19.4 Å². The Balaban J connectivity index is 1.69. The summed E-state index contributed by atoms with van der Waals surface area (Å²) in [4.78, 5) is 6.44. The fourth-order valence-electron chi connectivity index (χ4n) is 2.69. The quantitative estimate of drug-likeness (QED) is 0.939. The van der Waals surface area contributed by atoms with Crippen molar-refractivity contribution in [3.63, 3.8) is 0 Å². The Labute approximate surface area is 122 Å². The smallest absolute Gasteiger partial charge is 0.257 e. The minimum absolute atomic E-state index is 0.297. The van der Waals surface area contributed by atoms with E-state index in [1.165, 1.54) is 12.1 Å². The van der Waals surface area contributed by atoms with E-state index in [0.29, 0.717) is 30.4 Å². The topological polar surface area (TPSA) is 62.4 Å². The number of nitrogens with zero attached hydrogens (tertiary/aromatic N) is 3. The van der Waals surface area contributed by atoms with Crippen molar-refractivity contribution in [1.82, 2.24) is 15.0 Å². The maximum absolute atomic E-state index is 12.9. The van der Waals surface area contributed by atoms with Crippen LogP contribution < -0.4 is 0 Å². The van der Waals surface area contributed by atoms with Gasteiger partial charge in [-0.3, -0.25) is 4.90 Å². The third-order valence-electron chi connectivity index (χ3n) is 3.68. The van der Waals surface area contributed by atoms with E-state index >= 15 is 0 Å². The average Bonchev–Trinajstić information content (AvgIpc) is 2.87. The van der Waals surface area contributed by atoms with Crippen molar-refractivity contribution < 1.29 is 14.0 Å². The molecule has 21 heavy (non-hydrogen) atoms. The summed E-state index contributed by atoms with van der Waals surface area (Å²) >= 11 is 0. The molecule has 1 fully saturated rings. The molecule has 1 N–H and O–H groups in total. The van der Waals surface area contributed by atoms with Crippen LogP contribution >= 0.6 is 0 Å². The van der Waals surface area contributed by atoms with Crippen molar-refractivity contribution >= 4 is 0 Å². The molecule has 1 aliphatic heterocycles. The van der Waals surface area contributed by atoms with Gasteiger partial charge in [0.15, 0.2) is 5.82 Å². The van der Waals surface area contributed by atoms with Crippen LogP contribution in [0.2, 0.25) is 0 Å². The summed E-state index contributed by atoms with van der Waals surface area (Å²) in [6.07, 6.45) is 1.77. The standard InChI is InChI=1S/C15H18FN3O2/c1-15(20)7-2-8-19(10-15)9-13-17-14(21-18-13)11-3-5-12(16)6-4-11/h3-6,20H,2,7-10H2,1H3. The number of hydrogen-bond acceptors (Lipinski definition) is 5. The fourth-order valence-corrected chi connectivity index (χ4v) is 2.69. The summed E-state index contributed by atoms with van der Waals surface area (Å²) in [5, 5.41) is 14.0. The van der Waals surface area contributed by atoms with Crippen molar-refractivity contribution in [2.75, 3.05) is 13.1 Å². The fraction of sp³-hybridized carbons (Fsp3) is 0.467. The average molecular weight is 291 g/mol. The van der Waals surface area contributed by atoms with Crippen LogP contribution in [0.1, 0.15) is 25.6 Å². The highest BCUT2D eigenvalue weighted by atomic mass is 19.1. The van der Waals surface area contributed by atoms with Crippen molar-refractivity contribution in [3.05, 3.63) is 35.9 Å². The molecule has 5 nitrogen and oxygen atoms in total. The van der Waals surface area contributed by atoms with Gasteiger partial charge in [0.05, 0.1) is 12.1 Å². The third kappa shape index (κ3) is 3.46. The Bertz CT molecular complexity index is 610. The Morgan fingerprint density at radius 3 is 2.86 bits per heavy atom. The van der Waals surface area contributed by atoms with Gasteiger partial charge in [0.25, 0.3) is 5.89 Å². The number of piperidine rings is 1. The number of hydrogen-bond donors (Lipinski definition) is 1. The van der Waals surface area contributed by atoms with E-state index in [2.05, 4.69) is 15.0 Å². The second-order valence-electron chi connectivity index (χ2n) is 5.83. The summed E-state index contributed by atoms with van der Waals surface area (Å²) in [5.74, 6) is 0.662. The summed E-state index contributed by atoms with van der Waals surface area (Å²) in [5.41, 5.74) is 0.0442. The number of likely N-dealkylation sites (tertiary alicyclic amines) is 1. The Morgan fingerprint density at radius 2 is 2.14 bits per heavy atom. The zero-order chi connectivity index (χ0) is 14.9. The lowest BCUT2D eigenvalue weighted by Gasteiger charge is -2.36. The van der Waals surface area contributed by atoms with Gasteiger partial charge < -0.3 is 9.63 Å². The normalized spacial score (nSPS) is 23.4. The van der Waals surface area contributed by atoms with Crippen LogP contribution in [-0.2, 0) is 6.54 Å². The lowest BCUT2D eigenvalue weighted by Crippen LogP contribution is -2.45. The van der Waals surface area contributed by atoms with Crippen LogP contribution in [0, 0.1) is 5.82 Å². The second kappa shape index (κ2) is 5.54. The molecule has 1 atom stereocenters. The molecule has 6 heteroatoms. The van der Waals surface area contributed by atoms with Crippen LogP contribution in [-0.4, -0.2) is 38.8 Å². The zero-order valence-corrected chi connectivity index (χ0v) is 11.9. The lowest BCUT2D eigenvalue weighted by atomic mass is 9.95. The molecule has 1 unspecified atom stereocenters. The van der Waals surface area contributed by atoms with Gasteiger partial charge in [0, 0.05) is 12.1 Å². The first-order valence-electron chi connectivity index (χ1n) is 7.05. The molecule has 2 aromatic rings. The molecule has 1 aromatic carbocycles. The maximum Gasteiger partial charge on any atom is 0.257 e. The van der Waals surface area contributed by atoms with Gasteiger partial charge in [-0.05, 0) is 50.6 Å². The number of β-amino-alcohol motifs (C(OH)–C–C–N with tert-alkyl or cyclic N) is 1. The van der Waals surface area contributed by atoms with Gasteiger partial charge in [0.1, 0.15) is 5.82 Å². The van der Waals surface area contributed by atoms with Crippen molar-refractivity contribution in [3.8, 4) is 11.5 Å². The minimum atomic E-state index is -0.651. The molecular weight excluding hydrogens is 273 g/mol. The molecule has 0 bridgehead atoms. The Kier molecular flexibility index (Phi) is 3.73. The molecule has 1 saturated heterocycles. The molecule has 2 heterocycles. The van der Waals surface area contributed by atoms with Crippen molar-refractivity contribution in [1.29, 1.82) is 0 Å². The second-order valence-corrected chi connectivity index (χ2v) is 5.83. The van der Waals surface area contributed by atoms with Crippen LogP contribution in [0.5, 0.6) is 0 Å². The molecule has 112 valence electrons. The van der Waals surface area contributed by atoms with Crippen LogP contribution in [0.25, 0.3) is 11.5 Å². The van der Waals surface area contributed by atoms with Gasteiger partial charge in [-0.2, -0.15) is 4.98 Å². The van der Waals surface area contributed by atoms with E-state index in [9.17, 15) is 9.50 Å². The molecule has 0 radical (unpaired) electrons. The third-order valence-corrected chi connectivity index (χ3v) is 3.68. The summed E-state index contributed by atoms with van der Waals surface area (Å²) in [6, 6.07) is 5.94. The van der Waals surface area contributed by atoms with E-state index in [1.54, 1.807) is 12.1 Å². The molecule has 1 aromatic heterocycles. The highest BCUT2D eigenvalue weighted by Crippen LogP contribution is 2.22. The van der Waals surface area contributed by atoms with Crippen LogP contribution in [0.3, 0.4) is 0 Å². The van der Waals surface area contributed by atoms with Crippen molar-refractivity contribution in [2.45, 2.75) is 31.9 Å². The zero-order valence-electron chi connectivity index (χ0n) is 11.9. The molecule has 0 saturated carbocycles. The first kappa shape index (κ1) is 14.2. The molecular formula is C15H18FN3O2. The van der Waals surface area contributed by atoms with Gasteiger partial charge in [-0.1, -0.05) is 5.16 Å². The molecule has 0 spiro atoms. The van der Waals surface area contributed by atoms with E-state index < -0.39 is 5.60 Å². The monoisotopic (exact) mass is 291 g/mol. The predicted molar refractivity (Wildman–Crippen MR) is 74.8 cm³/mol. The van der Waals surface area contributed by atoms with E-state index in [1.807, 2.05) is 6.92 Å². The maximum atomic E-state index is 12.9. The predicted octanol–water partition coefficient (Wildman–Crippen LogP) is 2.22. The summed E-state index contributed by atoms with van der Waals surface area (Å²) < 4.78 is 18.1. The minimum Gasteiger partial charge on any atom is -0.389 e. The molecule has 0 amide bonds. The number of rotatable bonds is 3. The SMILES string of the molecule is CC1(O)CCCN(Cc2noc(-c3ccc(F)cc3)n2)C1. The van der Waals surface area contributed by atoms with Gasteiger partial charge in [0.2, 0.25) is 0 Å². The van der Waals surface area contributed by atoms with Gasteiger partial charge in [-0.25, -0.2) is 4.39 Å². The number of halogens is 1. The molecule has 1 aliphatic rings. The van der Waals surface area contributed by atoms with E-state index in [4.69, 9.17) is 4.52 Å². The van der Waals surface area contributed by atoms with E-state index in [-0.39, 0.29) is 5.82 Å². The van der Waals surface area contributed by atoms with Gasteiger partial charge >= 0.3 is 0 Å². The highest BCUT2D eigenvalue weighted by Gasteiger charge is 2.29. The first-order chi connectivity index (χ1) is 10.0. The Hall–Kier alpha value is -1.79. The molecule has 0 aliphatic carbocycles. The van der Waals surface area contributed by atoms with Crippen molar-refractivity contribution in [2.24, 2.45) is 0 Å². The number of aromatic nitrogens is 2. The number of aliphatic hydroxyl groups is 1. The van der Waals surface area contributed by atoms with Crippen LogP contribution in [0.15, 0.2) is 28.8 Å². The summed E-state index contributed by atoms with van der Waals surface area (Å²) in [7, 11) is 0.